The van der Waals surface area contributed by atoms with Crippen molar-refractivity contribution in [3.05, 3.63) is 42.8 Å². The van der Waals surface area contributed by atoms with E-state index in [0.29, 0.717) is 37.3 Å². The van der Waals surface area contributed by atoms with Crippen LogP contribution in [0.3, 0.4) is 0 Å². The van der Waals surface area contributed by atoms with E-state index in [1.807, 2.05) is 62.3 Å². The molecule has 1 aromatic carbocycles. The van der Waals surface area contributed by atoms with Gasteiger partial charge in [0.2, 0.25) is 0 Å². The fourth-order valence-corrected chi connectivity index (χ4v) is 13.5. The summed E-state index contributed by atoms with van der Waals surface area (Å²) < 4.78 is 27.2. The minimum atomic E-state index is -1.59. The number of esters is 3. The largest absolute Gasteiger partial charge is 0.498 e. The van der Waals surface area contributed by atoms with Gasteiger partial charge in [0.15, 0.2) is 16.6 Å². The van der Waals surface area contributed by atoms with E-state index in [-0.39, 0.29) is 55.6 Å². The van der Waals surface area contributed by atoms with Crippen LogP contribution in [0.2, 0.25) is 38.8 Å². The number of carbonyl (C=O) groups is 3. The molecule has 58 heavy (non-hydrogen) atoms. The number of hydrogen-bond donors (Lipinski definition) is 0. The minimum absolute atomic E-state index is 0. The molecule has 0 aromatic heterocycles. The van der Waals surface area contributed by atoms with Crippen molar-refractivity contribution in [1.29, 1.82) is 0 Å². The van der Waals surface area contributed by atoms with Crippen molar-refractivity contribution < 1.29 is 37.4 Å². The fraction of sp³-hybridized carbons (Fsp3) is 0.787. The standard InChI is InChI=1S/C14H32O3Si2.C13H22O3.C10H14.C8H15O2.2CH4.Rf/c1-9-14(2,3)13(15)16-11-10-12-19(7,8)17-18(4,5)6;1-4-13(2,3)12(14)15-8-9-5-6-10-11(7-9)16-10;1-3-9(2)10-7-5-4-6-8-10;1-5-8(3,4)7(9)10-6-2;;;/h9-12H2,1-8H3;9-11H,4-8H2,1-3H3;4-9H,3H2,1-2H3;2,5-6H2,1,3-4H3;2*1H4;/q;;;-1;;;. The molecule has 2 aliphatic rings. The summed E-state index contributed by atoms with van der Waals surface area (Å²) in [7, 11) is -3.05. The molecule has 338 valence electrons. The Morgan fingerprint density at radius 2 is 1.22 bits per heavy atom. The number of rotatable bonds is 17. The van der Waals surface area contributed by atoms with Gasteiger partial charge in [-0.2, -0.15) is 0 Å². The molecule has 1 aromatic rings. The van der Waals surface area contributed by atoms with Gasteiger partial charge in [-0.15, -0.1) is 0 Å². The van der Waals surface area contributed by atoms with Crippen LogP contribution in [0.1, 0.15) is 154 Å². The fourth-order valence-electron chi connectivity index (χ4n) is 5.50. The normalized spacial score (nSPS) is 17.7. The second-order valence-electron chi connectivity index (χ2n) is 18.8. The van der Waals surface area contributed by atoms with Crippen LogP contribution in [0.4, 0.5) is 0 Å². The zero-order valence-corrected chi connectivity index (χ0v) is 47.3. The number of ether oxygens (including phenoxy) is 4. The van der Waals surface area contributed by atoms with Crippen LogP contribution in [0.15, 0.2) is 30.3 Å². The number of epoxide rings is 1. The van der Waals surface area contributed by atoms with E-state index in [0.717, 1.165) is 51.0 Å². The minimum Gasteiger partial charge on any atom is -0.498 e. The van der Waals surface area contributed by atoms with Crippen molar-refractivity contribution in [1.82, 2.24) is 0 Å². The first-order chi connectivity index (χ1) is 25.3. The molecule has 1 aliphatic heterocycles. The zero-order chi connectivity index (χ0) is 42.7. The molecule has 1 saturated heterocycles. The average Bonchev–Trinajstić information content (AvgIpc) is 3.91. The SMILES string of the molecule is C.C.CCC(C)(C)C(=O)OCC1CCC2OC2C1.CCC(C)(C)C(=O)OCCC[Si](C)(C)O[Si](C)(C)C.CCC(C)c1ccccc1.[CH2-]COC(=O)C(C)(C)CC.[Rf]. The molecule has 0 bridgehead atoms. The van der Waals surface area contributed by atoms with Gasteiger partial charge in [-0.1, -0.05) is 79.8 Å². The Bertz CT molecular complexity index is 1250. The molecule has 11 heteroatoms. The Morgan fingerprint density at radius 3 is 1.64 bits per heavy atom. The Hall–Kier alpha value is -3.02. The van der Waals surface area contributed by atoms with Gasteiger partial charge in [0.05, 0.1) is 41.7 Å². The summed E-state index contributed by atoms with van der Waals surface area (Å²) in [5, 5.41) is 0. The summed E-state index contributed by atoms with van der Waals surface area (Å²) in [5.41, 5.74) is 0.400. The molecule has 8 nitrogen and oxygen atoms in total. The van der Waals surface area contributed by atoms with Crippen LogP contribution in [0, 0.1) is 29.1 Å². The molecule has 0 N–H and O–H groups in total. The quantitative estimate of drug-likeness (QED) is 0.0380. The van der Waals surface area contributed by atoms with Crippen molar-refractivity contribution in [2.45, 2.75) is 199 Å². The van der Waals surface area contributed by atoms with Crippen LogP contribution >= 0.6 is 0 Å². The predicted molar refractivity (Wildman–Crippen MR) is 246 cm³/mol. The summed E-state index contributed by atoms with van der Waals surface area (Å²) in [4.78, 5) is 34.6. The van der Waals surface area contributed by atoms with Crippen LogP contribution in [0.5, 0.6) is 0 Å². The van der Waals surface area contributed by atoms with Gasteiger partial charge in [0, 0.05) is 0 Å². The first-order valence-corrected chi connectivity index (χ1v) is 27.5. The van der Waals surface area contributed by atoms with E-state index in [1.165, 1.54) is 12.0 Å². The second-order valence-corrected chi connectivity index (χ2v) is 27.8. The predicted octanol–water partition coefficient (Wildman–Crippen LogP) is 13.2. The number of benzene rings is 1. The monoisotopic (exact) mass is 1110 g/mol. The number of carbonyl (C=O) groups excluding carboxylic acids is 3. The summed E-state index contributed by atoms with van der Waals surface area (Å²) in [6.45, 7) is 37.9. The molecule has 4 atom stereocenters. The molecular weight excluding hydrogens is 1020 g/mol. The maximum absolute atomic E-state index is 11.8. The van der Waals surface area contributed by atoms with Crippen molar-refractivity contribution in [2.24, 2.45) is 22.2 Å². The molecule has 4 unspecified atom stereocenters. The van der Waals surface area contributed by atoms with Crippen molar-refractivity contribution in [2.75, 3.05) is 19.8 Å². The van der Waals surface area contributed by atoms with Crippen LogP contribution in [-0.2, 0) is 37.4 Å². The van der Waals surface area contributed by atoms with Gasteiger partial charge in [-0.3, -0.25) is 14.4 Å². The summed E-state index contributed by atoms with van der Waals surface area (Å²) in [6, 6.07) is 11.7. The van der Waals surface area contributed by atoms with E-state index in [1.54, 1.807) is 0 Å². The van der Waals surface area contributed by atoms with Crippen molar-refractivity contribution in [3.8, 4) is 0 Å². The van der Waals surface area contributed by atoms with E-state index in [9.17, 15) is 14.4 Å². The molecular formula is C47H91O8RfSi2-. The van der Waals surface area contributed by atoms with Crippen LogP contribution in [-0.4, -0.2) is 66.6 Å². The van der Waals surface area contributed by atoms with Crippen LogP contribution in [0.25, 0.3) is 0 Å². The number of hydrogen-bond acceptors (Lipinski definition) is 8. The van der Waals surface area contributed by atoms with Gasteiger partial charge in [-0.05, 0) is 156 Å². The first kappa shape index (κ1) is 61.6. The molecule has 0 radical (unpaired) electrons. The Morgan fingerprint density at radius 1 is 0.759 bits per heavy atom. The summed E-state index contributed by atoms with van der Waals surface area (Å²) in [5.74, 6) is 0.918. The summed E-state index contributed by atoms with van der Waals surface area (Å²) >= 11 is 0. The summed E-state index contributed by atoms with van der Waals surface area (Å²) in [6.07, 6.45) is 8.92. The van der Waals surface area contributed by atoms with Crippen molar-refractivity contribution in [3.63, 3.8) is 0 Å². The van der Waals surface area contributed by atoms with Gasteiger partial charge in [0.25, 0.3) is 0 Å². The van der Waals surface area contributed by atoms with Crippen LogP contribution < -0.4 is 0 Å². The van der Waals surface area contributed by atoms with Gasteiger partial charge in [-0.25, -0.2) is 0 Å². The topological polar surface area (TPSA) is 101 Å². The first-order valence-electron chi connectivity index (χ1n) is 21.0. The average molecular weight is 1110 g/mol. The van der Waals surface area contributed by atoms with E-state index < -0.39 is 16.6 Å². The molecule has 1 saturated carbocycles. The van der Waals surface area contributed by atoms with E-state index in [4.69, 9.17) is 23.1 Å². The molecule has 3 rings (SSSR count). The third-order valence-corrected chi connectivity index (χ3v) is 17.0. The van der Waals surface area contributed by atoms with Gasteiger partial charge < -0.3 is 30.0 Å². The maximum Gasteiger partial charge on any atom is 0.311 e. The Balaban J connectivity index is -0.000000341. The maximum atomic E-state index is 11.8. The number of fused-ring (bicyclic) bond motifs is 1. The molecule has 2 fully saturated rings. The van der Waals surface area contributed by atoms with E-state index in [2.05, 4.69) is 83.8 Å². The molecule has 0 amide bonds. The molecule has 0 spiro atoms. The van der Waals surface area contributed by atoms with E-state index >= 15 is 0 Å². The third kappa shape index (κ3) is 25.5. The van der Waals surface area contributed by atoms with Gasteiger partial charge >= 0.3 is 17.9 Å². The molecule has 1 aliphatic carbocycles. The Labute approximate surface area is 354 Å². The zero-order valence-electron chi connectivity index (χ0n) is 38.9. The van der Waals surface area contributed by atoms with Gasteiger partial charge in [0.1, 0.15) is 0 Å². The second kappa shape index (κ2) is 28.5. The smallest absolute Gasteiger partial charge is 0.311 e. The Kier molecular flexibility index (Phi) is 30.2. The third-order valence-electron chi connectivity index (χ3n) is 10.8. The molecule has 1 heterocycles. The van der Waals surface area contributed by atoms with Crippen molar-refractivity contribution >= 4 is 34.5 Å².